The molecule has 0 aromatic carbocycles. The lowest BCUT2D eigenvalue weighted by atomic mass is 9.86. The molecule has 1 aliphatic rings. The molecule has 4 rings (SSSR count). The highest BCUT2D eigenvalue weighted by atomic mass is 32.2. The highest BCUT2D eigenvalue weighted by Gasteiger charge is 2.30. The van der Waals surface area contributed by atoms with Gasteiger partial charge in [-0.25, -0.2) is 28.4 Å². The predicted octanol–water partition coefficient (Wildman–Crippen LogP) is 4.35. The van der Waals surface area contributed by atoms with E-state index in [1.54, 1.807) is 12.3 Å². The molecule has 41 heavy (non-hydrogen) atoms. The third-order valence-electron chi connectivity index (χ3n) is 7.01. The van der Waals surface area contributed by atoms with Crippen LogP contribution < -0.4 is 10.3 Å². The number of halogens is 3. The first-order valence-electron chi connectivity index (χ1n) is 13.2. The molecule has 3 aromatic heterocycles. The first kappa shape index (κ1) is 30.5. The molecule has 0 atom stereocenters. The van der Waals surface area contributed by atoms with Gasteiger partial charge in [-0.15, -0.1) is 0 Å². The minimum atomic E-state index is -4.62. The Labute approximate surface area is 236 Å². The molecule has 1 fully saturated rings. The highest BCUT2D eigenvalue weighted by Crippen LogP contribution is 2.27. The molecular weight excluding hydrogens is 561 g/mol. The third kappa shape index (κ3) is 7.85. The Bertz CT molecular complexity index is 1560. The van der Waals surface area contributed by atoms with Crippen molar-refractivity contribution in [1.82, 2.24) is 29.4 Å². The van der Waals surface area contributed by atoms with E-state index in [0.29, 0.717) is 28.6 Å². The molecule has 0 saturated heterocycles. The van der Waals surface area contributed by atoms with Gasteiger partial charge in [0.1, 0.15) is 5.65 Å². The second-order valence-electron chi connectivity index (χ2n) is 10.7. The number of alkyl halides is 3. The number of nitrogens with zero attached hydrogens (tertiary/aromatic N) is 7. The molecule has 1 N–H and O–H groups in total. The molecule has 3 heterocycles. The number of hydrogen-bond acceptors (Lipinski definition) is 9. The van der Waals surface area contributed by atoms with Gasteiger partial charge in [-0.3, -0.25) is 14.1 Å². The number of anilines is 1. The van der Waals surface area contributed by atoms with Gasteiger partial charge in [-0.2, -0.15) is 18.2 Å². The van der Waals surface area contributed by atoms with Crippen LogP contribution in [0.1, 0.15) is 52.0 Å². The predicted molar refractivity (Wildman–Crippen MR) is 151 cm³/mol. The van der Waals surface area contributed by atoms with Gasteiger partial charge in [0, 0.05) is 47.8 Å². The van der Waals surface area contributed by atoms with Gasteiger partial charge in [0.05, 0.1) is 17.7 Å². The maximum Gasteiger partial charge on any atom is 0.390 e. The lowest BCUT2D eigenvalue weighted by molar-refractivity contribution is -0.129. The molecule has 0 aliphatic heterocycles. The fraction of sp³-hybridized carbons (Fsp3) is 0.538. The topological polar surface area (TPSA) is 135 Å². The summed E-state index contributed by atoms with van der Waals surface area (Å²) in [5.74, 6) is -0.951. The van der Waals surface area contributed by atoms with Gasteiger partial charge >= 0.3 is 6.18 Å². The van der Waals surface area contributed by atoms with E-state index in [-0.39, 0.29) is 23.1 Å². The average molecular weight is 595 g/mol. The van der Waals surface area contributed by atoms with Gasteiger partial charge in [0.2, 0.25) is 16.0 Å². The molecule has 0 bridgehead atoms. The summed E-state index contributed by atoms with van der Waals surface area (Å²) < 4.78 is 64.6. The zero-order chi connectivity index (χ0) is 29.9. The van der Waals surface area contributed by atoms with E-state index < -0.39 is 34.3 Å². The van der Waals surface area contributed by atoms with Gasteiger partial charge in [-0.05, 0) is 65.6 Å². The molecule has 222 valence electrons. The molecule has 0 spiro atoms. The normalized spacial score (nSPS) is 18.6. The second kappa shape index (κ2) is 12.2. The highest BCUT2D eigenvalue weighted by molar-refractivity contribution is 7.92. The number of fused-ring (bicyclic) bond motifs is 1. The number of nitrogens with one attached hydrogen (secondary N) is 1. The second-order valence-corrected chi connectivity index (χ2v) is 12.5. The van der Waals surface area contributed by atoms with E-state index >= 15 is 0 Å². The van der Waals surface area contributed by atoms with Gasteiger partial charge in [0.15, 0.2) is 0 Å². The smallest absolute Gasteiger partial charge is 0.306 e. The summed E-state index contributed by atoms with van der Waals surface area (Å²) in [6.45, 7) is 3.68. The molecular formula is C26H33F3N8O3S. The SMILES string of the molecule is CC(C)n1c(=O)c(-c2cnc(NS(=O)(=O)CCC(F)(F)F)nc2)cc2cnc(N=CC3CCC(N(C)C)CC3)nc21. The molecule has 3 aromatic rings. The molecule has 0 unspecified atom stereocenters. The van der Waals surface area contributed by atoms with Crippen molar-refractivity contribution in [2.24, 2.45) is 10.9 Å². The quantitative estimate of drug-likeness (QED) is 0.362. The number of pyridine rings is 1. The lowest BCUT2D eigenvalue weighted by Gasteiger charge is -2.31. The van der Waals surface area contributed by atoms with Crippen molar-refractivity contribution in [3.05, 3.63) is 35.0 Å². The Morgan fingerprint density at radius 2 is 1.78 bits per heavy atom. The minimum absolute atomic E-state index is 0.232. The molecule has 1 saturated carbocycles. The van der Waals surface area contributed by atoms with Gasteiger partial charge < -0.3 is 4.90 Å². The Morgan fingerprint density at radius 1 is 1.12 bits per heavy atom. The van der Waals surface area contributed by atoms with E-state index in [4.69, 9.17) is 0 Å². The maximum absolute atomic E-state index is 13.5. The fourth-order valence-corrected chi connectivity index (χ4v) is 5.74. The summed E-state index contributed by atoms with van der Waals surface area (Å²) in [5, 5.41) is 0.579. The van der Waals surface area contributed by atoms with Crippen LogP contribution in [0.15, 0.2) is 34.4 Å². The Hall–Kier alpha value is -3.46. The monoisotopic (exact) mass is 594 g/mol. The van der Waals surface area contributed by atoms with Crippen molar-refractivity contribution in [1.29, 1.82) is 0 Å². The van der Waals surface area contributed by atoms with Crippen LogP contribution in [0.5, 0.6) is 0 Å². The minimum Gasteiger partial charge on any atom is -0.306 e. The van der Waals surface area contributed by atoms with Crippen LogP contribution in [-0.2, 0) is 10.0 Å². The molecule has 11 nitrogen and oxygen atoms in total. The fourth-order valence-electron chi connectivity index (χ4n) is 4.76. The summed E-state index contributed by atoms with van der Waals surface area (Å²) in [6, 6.07) is 1.91. The van der Waals surface area contributed by atoms with Gasteiger partial charge in [0.25, 0.3) is 11.5 Å². The standard InChI is InChI=1S/C26H33F3N8O3S/c1-16(2)37-22-18(13-31-24(34-22)30-12-17-5-7-20(8-6-17)36(3)4)11-21(23(37)38)19-14-32-25(33-15-19)35-41(39,40)10-9-26(27,28)29/h11-17,20H,5-10H2,1-4H3,(H,32,33,35). The number of hydrogen-bond donors (Lipinski definition) is 1. The van der Waals surface area contributed by atoms with Crippen LogP contribution in [0.2, 0.25) is 0 Å². The third-order valence-corrected chi connectivity index (χ3v) is 8.25. The van der Waals surface area contributed by atoms with Crippen LogP contribution >= 0.6 is 0 Å². The summed E-state index contributed by atoms with van der Waals surface area (Å²) in [5.41, 5.74) is 0.572. The van der Waals surface area contributed by atoms with Crippen LogP contribution in [0.3, 0.4) is 0 Å². The van der Waals surface area contributed by atoms with Crippen molar-refractivity contribution in [2.45, 2.75) is 64.2 Å². The van der Waals surface area contributed by atoms with Crippen molar-refractivity contribution in [2.75, 3.05) is 24.6 Å². The Balaban J connectivity index is 1.57. The number of sulfonamides is 1. The van der Waals surface area contributed by atoms with Crippen molar-refractivity contribution in [3.63, 3.8) is 0 Å². The molecule has 0 radical (unpaired) electrons. The van der Waals surface area contributed by atoms with E-state index in [2.05, 4.69) is 43.9 Å². The van der Waals surface area contributed by atoms with E-state index in [0.717, 1.165) is 25.7 Å². The number of rotatable bonds is 9. The summed E-state index contributed by atoms with van der Waals surface area (Å²) in [4.78, 5) is 37.0. The average Bonchev–Trinajstić information content (AvgIpc) is 2.90. The molecule has 15 heteroatoms. The van der Waals surface area contributed by atoms with Crippen molar-refractivity contribution >= 4 is 39.2 Å². The zero-order valence-electron chi connectivity index (χ0n) is 23.3. The summed E-state index contributed by atoms with van der Waals surface area (Å²) >= 11 is 0. The number of aliphatic imine (C=N–C) groups is 1. The van der Waals surface area contributed by atoms with Crippen LogP contribution in [-0.4, -0.2) is 76.1 Å². The first-order chi connectivity index (χ1) is 19.2. The first-order valence-corrected chi connectivity index (χ1v) is 14.9. The molecule has 1 aliphatic carbocycles. The lowest BCUT2D eigenvalue weighted by Crippen LogP contribution is -2.32. The summed E-state index contributed by atoms with van der Waals surface area (Å²) in [7, 11) is -0.119. The van der Waals surface area contributed by atoms with Crippen LogP contribution in [0, 0.1) is 5.92 Å². The largest absolute Gasteiger partial charge is 0.390 e. The van der Waals surface area contributed by atoms with Crippen molar-refractivity contribution in [3.8, 4) is 11.1 Å². The van der Waals surface area contributed by atoms with Crippen molar-refractivity contribution < 1.29 is 21.6 Å². The Kier molecular flexibility index (Phi) is 9.07. The number of aromatic nitrogens is 5. The van der Waals surface area contributed by atoms with E-state index in [1.807, 2.05) is 24.8 Å². The zero-order valence-corrected chi connectivity index (χ0v) is 24.1. The van der Waals surface area contributed by atoms with Gasteiger partial charge in [-0.1, -0.05) is 0 Å². The van der Waals surface area contributed by atoms with Crippen LogP contribution in [0.25, 0.3) is 22.2 Å². The van der Waals surface area contributed by atoms with E-state index in [1.165, 1.54) is 17.0 Å². The summed E-state index contributed by atoms with van der Waals surface area (Å²) in [6.07, 6.45) is 4.11. The Morgan fingerprint density at radius 3 is 2.37 bits per heavy atom. The van der Waals surface area contributed by atoms with E-state index in [9.17, 15) is 26.4 Å². The molecule has 0 amide bonds. The maximum atomic E-state index is 13.5. The van der Waals surface area contributed by atoms with Crippen LogP contribution in [0.4, 0.5) is 25.1 Å².